The number of amides is 2. The molecule has 0 aliphatic carbocycles. The van der Waals surface area contributed by atoms with E-state index in [0.29, 0.717) is 5.56 Å². The van der Waals surface area contributed by atoms with E-state index in [1.807, 2.05) is 6.07 Å². The molecule has 3 heterocycles. The van der Waals surface area contributed by atoms with Gasteiger partial charge in [0.1, 0.15) is 17.1 Å². The largest absolute Gasteiger partial charge is 0.464 e. The van der Waals surface area contributed by atoms with Crippen LogP contribution in [0.2, 0.25) is 0 Å². The van der Waals surface area contributed by atoms with Gasteiger partial charge in [0.05, 0.1) is 18.4 Å². The number of aromatic nitrogens is 2. The van der Waals surface area contributed by atoms with Crippen LogP contribution in [-0.2, 0) is 19.7 Å². The van der Waals surface area contributed by atoms with Crippen LogP contribution in [0.25, 0.3) is 0 Å². The fourth-order valence-electron chi connectivity index (χ4n) is 3.77. The van der Waals surface area contributed by atoms with E-state index in [1.54, 1.807) is 24.3 Å². The number of para-hydroxylation sites is 1. The number of esters is 1. The van der Waals surface area contributed by atoms with Crippen molar-refractivity contribution < 1.29 is 23.9 Å². The molecule has 0 bridgehead atoms. The molecule has 0 saturated carbocycles. The molecule has 2 aliphatic heterocycles. The third-order valence-electron chi connectivity index (χ3n) is 4.83. The Bertz CT molecular complexity index is 1140. The van der Waals surface area contributed by atoms with Crippen LogP contribution in [0.1, 0.15) is 28.5 Å². The Morgan fingerprint density at radius 1 is 1.39 bits per heavy atom. The van der Waals surface area contributed by atoms with Crippen LogP contribution >= 0.6 is 0 Å². The molecule has 1 unspecified atom stereocenters. The maximum absolute atomic E-state index is 13.6. The second kappa shape index (κ2) is 5.68. The highest BCUT2D eigenvalue weighted by atomic mass is 16.5. The Hall–Kier alpha value is -4.13. The number of H-pyrrole nitrogens is 1. The monoisotopic (exact) mass is 379 g/mol. The SMILES string of the molecule is COC(=O)c1[nH]nc2c1C1(C(=O)N(C(C)=O)c3ccccc31)C(C#N)=C(N)O2. The molecule has 0 fully saturated rings. The number of nitriles is 1. The molecule has 10 heteroatoms. The molecular formula is C18H13N5O5. The van der Waals surface area contributed by atoms with Gasteiger partial charge in [0, 0.05) is 12.5 Å². The lowest BCUT2D eigenvalue weighted by Gasteiger charge is -2.32. The number of nitrogens with one attached hydrogen (secondary N) is 1. The molecule has 1 aromatic carbocycles. The topological polar surface area (TPSA) is 151 Å². The zero-order chi connectivity index (χ0) is 20.2. The minimum absolute atomic E-state index is 0.0219. The number of carbonyl (C=O) groups is 3. The highest BCUT2D eigenvalue weighted by Gasteiger charge is 2.62. The molecule has 2 aliphatic rings. The number of aromatic amines is 1. The third kappa shape index (κ3) is 1.84. The summed E-state index contributed by atoms with van der Waals surface area (Å²) in [5, 5.41) is 16.2. The minimum atomic E-state index is -1.87. The Morgan fingerprint density at radius 2 is 2.11 bits per heavy atom. The number of carbonyl (C=O) groups excluding carboxylic acids is 3. The van der Waals surface area contributed by atoms with Crippen molar-refractivity contribution in [1.29, 1.82) is 5.26 Å². The van der Waals surface area contributed by atoms with Crippen LogP contribution in [0.3, 0.4) is 0 Å². The van der Waals surface area contributed by atoms with E-state index in [0.717, 1.165) is 12.0 Å². The van der Waals surface area contributed by atoms with E-state index >= 15 is 0 Å². The first-order chi connectivity index (χ1) is 13.4. The number of rotatable bonds is 1. The van der Waals surface area contributed by atoms with Crippen molar-refractivity contribution in [2.24, 2.45) is 5.73 Å². The maximum atomic E-state index is 13.6. The smallest absolute Gasteiger partial charge is 0.356 e. The summed E-state index contributed by atoms with van der Waals surface area (Å²) in [5.74, 6) is -2.61. The predicted molar refractivity (Wildman–Crippen MR) is 92.8 cm³/mol. The van der Waals surface area contributed by atoms with Crippen molar-refractivity contribution in [1.82, 2.24) is 10.2 Å². The van der Waals surface area contributed by atoms with Crippen molar-refractivity contribution in [3.8, 4) is 11.9 Å². The Kier molecular flexibility index (Phi) is 3.51. The molecular weight excluding hydrogens is 366 g/mol. The van der Waals surface area contributed by atoms with Gasteiger partial charge in [0.15, 0.2) is 5.69 Å². The first kappa shape index (κ1) is 17.3. The second-order valence-electron chi connectivity index (χ2n) is 6.15. The van der Waals surface area contributed by atoms with Gasteiger partial charge in [-0.3, -0.25) is 14.7 Å². The highest BCUT2D eigenvalue weighted by molar-refractivity contribution is 6.26. The van der Waals surface area contributed by atoms with Crippen molar-refractivity contribution >= 4 is 23.5 Å². The lowest BCUT2D eigenvalue weighted by atomic mass is 9.69. The summed E-state index contributed by atoms with van der Waals surface area (Å²) < 4.78 is 10.2. The average Bonchev–Trinajstić information content (AvgIpc) is 3.20. The van der Waals surface area contributed by atoms with Crippen LogP contribution in [0.5, 0.6) is 5.88 Å². The average molecular weight is 379 g/mol. The minimum Gasteiger partial charge on any atom is -0.464 e. The van der Waals surface area contributed by atoms with Crippen LogP contribution in [0.4, 0.5) is 5.69 Å². The molecule has 2 aromatic rings. The van der Waals surface area contributed by atoms with Crippen LogP contribution in [0.15, 0.2) is 35.7 Å². The predicted octanol–water partition coefficient (Wildman–Crippen LogP) is 0.462. The van der Waals surface area contributed by atoms with Gasteiger partial charge in [-0.1, -0.05) is 18.2 Å². The zero-order valence-electron chi connectivity index (χ0n) is 14.8. The van der Waals surface area contributed by atoms with Crippen molar-refractivity contribution in [2.75, 3.05) is 12.0 Å². The standard InChI is InChI=1S/C18H13N5O5/c1-8(24)23-11-6-4-3-5-9(11)18(17(23)26)10(7-19)14(20)28-15-12(18)13(21-22-15)16(25)27-2/h3-6H,20H2,1-2H3,(H,21,22). The molecule has 3 N–H and O–H groups in total. The molecule has 10 nitrogen and oxygen atoms in total. The van der Waals surface area contributed by atoms with Crippen LogP contribution in [0, 0.1) is 11.3 Å². The molecule has 140 valence electrons. The van der Waals surface area contributed by atoms with Gasteiger partial charge in [-0.05, 0) is 6.07 Å². The number of anilines is 1. The number of fused-ring (bicyclic) bond motifs is 4. The zero-order valence-corrected chi connectivity index (χ0v) is 14.8. The maximum Gasteiger partial charge on any atom is 0.356 e. The molecule has 1 atom stereocenters. The van der Waals surface area contributed by atoms with E-state index in [9.17, 15) is 19.6 Å². The summed E-state index contributed by atoms with van der Waals surface area (Å²) in [5.41, 5.74) is 4.21. The van der Waals surface area contributed by atoms with Gasteiger partial charge >= 0.3 is 5.97 Å². The molecule has 0 radical (unpaired) electrons. The van der Waals surface area contributed by atoms with Crippen LogP contribution < -0.4 is 15.4 Å². The third-order valence-corrected chi connectivity index (χ3v) is 4.83. The van der Waals surface area contributed by atoms with Crippen molar-refractivity contribution in [3.63, 3.8) is 0 Å². The van der Waals surface area contributed by atoms with Gasteiger partial charge in [-0.15, -0.1) is 5.10 Å². The van der Waals surface area contributed by atoms with Gasteiger partial charge < -0.3 is 15.2 Å². The first-order valence-corrected chi connectivity index (χ1v) is 8.09. The second-order valence-corrected chi connectivity index (χ2v) is 6.15. The summed E-state index contributed by atoms with van der Waals surface area (Å²) in [6.45, 7) is 1.23. The molecule has 4 rings (SSSR count). The van der Waals surface area contributed by atoms with E-state index < -0.39 is 23.2 Å². The van der Waals surface area contributed by atoms with E-state index in [1.165, 1.54) is 6.92 Å². The Morgan fingerprint density at radius 3 is 2.75 bits per heavy atom. The highest BCUT2D eigenvalue weighted by Crippen LogP contribution is 2.55. The molecule has 2 amide bonds. The number of ether oxygens (including phenoxy) is 2. The number of imide groups is 1. The van der Waals surface area contributed by atoms with Gasteiger partial charge in [0.25, 0.3) is 5.91 Å². The van der Waals surface area contributed by atoms with Crippen molar-refractivity contribution in [3.05, 3.63) is 52.5 Å². The Balaban J connectivity index is 2.18. The van der Waals surface area contributed by atoms with Crippen molar-refractivity contribution in [2.45, 2.75) is 12.3 Å². The first-order valence-electron chi connectivity index (χ1n) is 8.09. The molecule has 1 spiro atoms. The van der Waals surface area contributed by atoms with E-state index in [-0.39, 0.29) is 34.3 Å². The summed E-state index contributed by atoms with van der Waals surface area (Å²) in [6, 6.07) is 8.37. The molecule has 28 heavy (non-hydrogen) atoms. The quantitative estimate of drug-likeness (QED) is 0.678. The van der Waals surface area contributed by atoms with Gasteiger partial charge in [-0.2, -0.15) is 5.26 Å². The number of nitrogens with two attached hydrogens (primary N) is 1. The van der Waals surface area contributed by atoms with Gasteiger partial charge in [-0.25, -0.2) is 9.69 Å². The normalized spacial score (nSPS) is 19.8. The van der Waals surface area contributed by atoms with E-state index in [2.05, 4.69) is 10.2 Å². The summed E-state index contributed by atoms with van der Waals surface area (Å²) in [6.07, 6.45) is 0. The van der Waals surface area contributed by atoms with E-state index in [4.69, 9.17) is 15.2 Å². The number of benzene rings is 1. The number of hydrogen-bond acceptors (Lipinski definition) is 8. The molecule has 0 saturated heterocycles. The summed E-state index contributed by atoms with van der Waals surface area (Å²) in [7, 11) is 1.16. The lowest BCUT2D eigenvalue weighted by Crippen LogP contribution is -2.47. The summed E-state index contributed by atoms with van der Waals surface area (Å²) >= 11 is 0. The fraction of sp³-hybridized carbons (Fsp3) is 0.167. The number of nitrogens with zero attached hydrogens (tertiary/aromatic N) is 3. The van der Waals surface area contributed by atoms with Gasteiger partial charge in [0.2, 0.25) is 17.7 Å². The Labute approximate surface area is 158 Å². The number of hydrogen-bond donors (Lipinski definition) is 2. The molecule has 1 aromatic heterocycles. The van der Waals surface area contributed by atoms with Crippen LogP contribution in [-0.4, -0.2) is 35.1 Å². The summed E-state index contributed by atoms with van der Waals surface area (Å²) in [4.78, 5) is 39.2. The fourth-order valence-corrected chi connectivity index (χ4v) is 3.77. The number of methoxy groups -OCH3 is 1. The lowest BCUT2D eigenvalue weighted by molar-refractivity contribution is -0.126.